The van der Waals surface area contributed by atoms with Crippen molar-refractivity contribution in [2.24, 2.45) is 5.92 Å². The highest BCUT2D eigenvalue weighted by Gasteiger charge is 2.36. The minimum absolute atomic E-state index is 0.0982. The standard InChI is InChI=1S/C12H21N5O3S/c1-8-4-14-12(15-11(8)13)17-5-9(10(18)6-17)7-21(19,20)16(2)3/h4,9-10,18H,5-7H2,1-3H3,(H2,13,14,15)/t9-,10+/m0/s1. The van der Waals surface area contributed by atoms with Crippen LogP contribution < -0.4 is 10.6 Å². The van der Waals surface area contributed by atoms with Gasteiger partial charge < -0.3 is 15.7 Å². The Morgan fingerprint density at radius 3 is 2.71 bits per heavy atom. The molecule has 1 saturated heterocycles. The molecule has 2 atom stereocenters. The number of aromatic nitrogens is 2. The Hall–Kier alpha value is -1.45. The van der Waals surface area contributed by atoms with Crippen molar-refractivity contribution in [2.45, 2.75) is 13.0 Å². The van der Waals surface area contributed by atoms with Crippen molar-refractivity contribution in [1.29, 1.82) is 0 Å². The Morgan fingerprint density at radius 2 is 2.14 bits per heavy atom. The number of nitrogens with two attached hydrogens (primary N) is 1. The minimum atomic E-state index is -3.35. The summed E-state index contributed by atoms with van der Waals surface area (Å²) in [6.45, 7) is 2.50. The lowest BCUT2D eigenvalue weighted by molar-refractivity contribution is 0.157. The van der Waals surface area contributed by atoms with E-state index in [9.17, 15) is 13.5 Å². The number of nitrogen functional groups attached to an aromatic ring is 1. The Bertz CT molecular complexity index is 619. The van der Waals surface area contributed by atoms with Crippen molar-refractivity contribution in [1.82, 2.24) is 14.3 Å². The van der Waals surface area contributed by atoms with Gasteiger partial charge in [-0.1, -0.05) is 0 Å². The summed E-state index contributed by atoms with van der Waals surface area (Å²) < 4.78 is 25.0. The van der Waals surface area contributed by atoms with E-state index in [2.05, 4.69) is 9.97 Å². The van der Waals surface area contributed by atoms with Crippen LogP contribution in [-0.2, 0) is 10.0 Å². The number of rotatable bonds is 4. The van der Waals surface area contributed by atoms with Crippen LogP contribution in [0.5, 0.6) is 0 Å². The Balaban J connectivity index is 2.12. The zero-order valence-corrected chi connectivity index (χ0v) is 13.2. The molecule has 118 valence electrons. The number of aryl methyl sites for hydroxylation is 1. The normalized spacial score (nSPS) is 23.0. The number of aliphatic hydroxyl groups is 1. The molecule has 2 heterocycles. The SMILES string of the molecule is Cc1cnc(N2C[C@@H](CS(=O)(=O)N(C)C)[C@H](O)C2)nc1N. The van der Waals surface area contributed by atoms with Gasteiger partial charge in [-0.25, -0.2) is 17.7 Å². The monoisotopic (exact) mass is 315 g/mol. The maximum Gasteiger partial charge on any atom is 0.227 e. The van der Waals surface area contributed by atoms with E-state index in [-0.39, 0.29) is 11.7 Å². The summed E-state index contributed by atoms with van der Waals surface area (Å²) in [5.41, 5.74) is 6.54. The van der Waals surface area contributed by atoms with Gasteiger partial charge in [0.15, 0.2) is 0 Å². The highest BCUT2D eigenvalue weighted by Crippen LogP contribution is 2.24. The van der Waals surface area contributed by atoms with Crippen molar-refractivity contribution < 1.29 is 13.5 Å². The molecule has 0 saturated carbocycles. The van der Waals surface area contributed by atoms with E-state index in [1.165, 1.54) is 18.4 Å². The third kappa shape index (κ3) is 3.42. The predicted molar refractivity (Wildman–Crippen MR) is 80.4 cm³/mol. The van der Waals surface area contributed by atoms with Gasteiger partial charge in [-0.2, -0.15) is 4.98 Å². The van der Waals surface area contributed by atoms with Gasteiger partial charge in [-0.15, -0.1) is 0 Å². The molecule has 21 heavy (non-hydrogen) atoms. The summed E-state index contributed by atoms with van der Waals surface area (Å²) >= 11 is 0. The van der Waals surface area contributed by atoms with E-state index < -0.39 is 16.1 Å². The first kappa shape index (κ1) is 15.9. The zero-order valence-electron chi connectivity index (χ0n) is 12.4. The Morgan fingerprint density at radius 1 is 1.48 bits per heavy atom. The van der Waals surface area contributed by atoms with E-state index in [1.54, 1.807) is 11.1 Å². The van der Waals surface area contributed by atoms with Crippen molar-refractivity contribution in [2.75, 3.05) is 43.6 Å². The second-order valence-electron chi connectivity index (χ2n) is 5.53. The molecule has 0 aromatic carbocycles. The number of anilines is 2. The molecule has 0 aliphatic carbocycles. The maximum atomic E-state index is 11.9. The molecule has 0 spiro atoms. The summed E-state index contributed by atoms with van der Waals surface area (Å²) in [5.74, 6) is 0.336. The van der Waals surface area contributed by atoms with Gasteiger partial charge >= 0.3 is 0 Å². The quantitative estimate of drug-likeness (QED) is 0.737. The first-order chi connectivity index (χ1) is 9.70. The molecule has 2 rings (SSSR count). The van der Waals surface area contributed by atoms with Crippen LogP contribution in [0.4, 0.5) is 11.8 Å². The molecule has 1 aliphatic heterocycles. The third-order valence-corrected chi connectivity index (χ3v) is 5.63. The van der Waals surface area contributed by atoms with Crippen LogP contribution in [0.25, 0.3) is 0 Å². The minimum Gasteiger partial charge on any atom is -0.391 e. The van der Waals surface area contributed by atoms with E-state index in [4.69, 9.17) is 5.73 Å². The molecule has 1 fully saturated rings. The van der Waals surface area contributed by atoms with Gasteiger partial charge in [0.05, 0.1) is 11.9 Å². The Labute approximate surface area is 124 Å². The topological polar surface area (TPSA) is 113 Å². The zero-order chi connectivity index (χ0) is 15.8. The molecule has 1 aromatic heterocycles. The fourth-order valence-corrected chi connectivity index (χ4v) is 3.37. The van der Waals surface area contributed by atoms with Crippen LogP contribution in [0.2, 0.25) is 0 Å². The second kappa shape index (κ2) is 5.74. The van der Waals surface area contributed by atoms with Crippen molar-refractivity contribution in [3.05, 3.63) is 11.8 Å². The fourth-order valence-electron chi connectivity index (χ4n) is 2.20. The van der Waals surface area contributed by atoms with E-state index in [1.807, 2.05) is 6.92 Å². The van der Waals surface area contributed by atoms with Crippen LogP contribution in [0.3, 0.4) is 0 Å². The lowest BCUT2D eigenvalue weighted by Gasteiger charge is -2.18. The van der Waals surface area contributed by atoms with Crippen LogP contribution in [0.15, 0.2) is 6.20 Å². The summed E-state index contributed by atoms with van der Waals surface area (Å²) in [6, 6.07) is 0. The molecule has 9 heteroatoms. The molecule has 0 amide bonds. The third-order valence-electron chi connectivity index (χ3n) is 3.67. The predicted octanol–water partition coefficient (Wildman–Crippen LogP) is -0.944. The summed E-state index contributed by atoms with van der Waals surface area (Å²) in [7, 11) is -0.385. The number of aliphatic hydroxyl groups excluding tert-OH is 1. The molecule has 0 radical (unpaired) electrons. The molecular formula is C12H21N5O3S. The molecule has 0 bridgehead atoms. The number of hydrogen-bond acceptors (Lipinski definition) is 7. The second-order valence-corrected chi connectivity index (χ2v) is 7.76. The highest BCUT2D eigenvalue weighted by atomic mass is 32.2. The van der Waals surface area contributed by atoms with Gasteiger partial charge in [0, 0.05) is 44.9 Å². The van der Waals surface area contributed by atoms with Crippen LogP contribution in [-0.4, -0.2) is 66.8 Å². The number of sulfonamides is 1. The molecule has 1 aromatic rings. The fraction of sp³-hybridized carbons (Fsp3) is 0.667. The summed E-state index contributed by atoms with van der Waals surface area (Å²) in [5, 5.41) is 10.1. The highest BCUT2D eigenvalue weighted by molar-refractivity contribution is 7.89. The molecular weight excluding hydrogens is 294 g/mol. The van der Waals surface area contributed by atoms with Gasteiger partial charge in [0.2, 0.25) is 16.0 Å². The average molecular weight is 315 g/mol. The number of hydrogen-bond donors (Lipinski definition) is 2. The van der Waals surface area contributed by atoms with Crippen molar-refractivity contribution >= 4 is 21.8 Å². The van der Waals surface area contributed by atoms with Gasteiger partial charge in [-0.3, -0.25) is 0 Å². The average Bonchev–Trinajstić information content (AvgIpc) is 2.73. The largest absolute Gasteiger partial charge is 0.391 e. The van der Waals surface area contributed by atoms with Gasteiger partial charge in [0.1, 0.15) is 5.82 Å². The van der Waals surface area contributed by atoms with Crippen LogP contribution >= 0.6 is 0 Å². The lowest BCUT2D eigenvalue weighted by atomic mass is 10.1. The van der Waals surface area contributed by atoms with Crippen molar-refractivity contribution in [3.63, 3.8) is 0 Å². The summed E-state index contributed by atoms with van der Waals surface area (Å²) in [6.07, 6.45) is 0.888. The molecule has 8 nitrogen and oxygen atoms in total. The van der Waals surface area contributed by atoms with E-state index in [0.29, 0.717) is 24.9 Å². The molecule has 1 aliphatic rings. The molecule has 0 unspecified atom stereocenters. The van der Waals surface area contributed by atoms with Gasteiger partial charge in [0.25, 0.3) is 0 Å². The number of nitrogens with zero attached hydrogens (tertiary/aromatic N) is 4. The van der Waals surface area contributed by atoms with E-state index >= 15 is 0 Å². The first-order valence-corrected chi connectivity index (χ1v) is 8.24. The van der Waals surface area contributed by atoms with Gasteiger partial charge in [-0.05, 0) is 6.92 Å². The first-order valence-electron chi connectivity index (χ1n) is 6.63. The smallest absolute Gasteiger partial charge is 0.227 e. The van der Waals surface area contributed by atoms with Crippen LogP contribution in [0.1, 0.15) is 5.56 Å². The lowest BCUT2D eigenvalue weighted by Crippen LogP contribution is -2.33. The maximum absolute atomic E-state index is 11.9. The number of β-amino-alcohol motifs (C(OH)–C–C–N with tert-alkyl or cyclic N) is 1. The molecule has 3 N–H and O–H groups in total. The van der Waals surface area contributed by atoms with Crippen molar-refractivity contribution in [3.8, 4) is 0 Å². The van der Waals surface area contributed by atoms with E-state index in [0.717, 1.165) is 5.56 Å². The van der Waals surface area contributed by atoms with Crippen LogP contribution in [0, 0.1) is 12.8 Å². The Kier molecular flexibility index (Phi) is 4.35. The summed E-state index contributed by atoms with van der Waals surface area (Å²) in [4.78, 5) is 10.1.